The first-order valence-corrected chi connectivity index (χ1v) is 9.26. The van der Waals surface area contributed by atoms with Gasteiger partial charge in [0.2, 0.25) is 11.8 Å². The van der Waals surface area contributed by atoms with Gasteiger partial charge >= 0.3 is 0 Å². The largest absolute Gasteiger partial charge is 0.484 e. The lowest BCUT2D eigenvalue weighted by atomic mass is 9.80. The van der Waals surface area contributed by atoms with Crippen LogP contribution in [0.1, 0.15) is 42.2 Å². The zero-order valence-corrected chi connectivity index (χ0v) is 15.6. The van der Waals surface area contributed by atoms with Crippen LogP contribution < -0.4 is 4.74 Å². The van der Waals surface area contributed by atoms with Crippen LogP contribution in [0.15, 0.2) is 22.6 Å². The fourth-order valence-electron chi connectivity index (χ4n) is 4.37. The van der Waals surface area contributed by atoms with E-state index in [9.17, 15) is 4.79 Å². The van der Waals surface area contributed by atoms with E-state index in [0.717, 1.165) is 37.1 Å². The number of carbonyl (C=O) groups excluding carboxylic acids is 1. The van der Waals surface area contributed by atoms with Crippen LogP contribution in [-0.4, -0.2) is 40.7 Å². The third-order valence-electron chi connectivity index (χ3n) is 6.02. The molecule has 1 aromatic carbocycles. The summed E-state index contributed by atoms with van der Waals surface area (Å²) in [5.41, 5.74) is 2.21. The molecule has 2 aliphatic rings. The number of aromatic nitrogens is 2. The van der Waals surface area contributed by atoms with Crippen molar-refractivity contribution in [2.24, 2.45) is 5.92 Å². The van der Waals surface area contributed by atoms with Crippen LogP contribution in [0.4, 0.5) is 0 Å². The molecule has 6 heteroatoms. The molecule has 0 radical (unpaired) electrons. The number of carbonyl (C=O) groups is 1. The summed E-state index contributed by atoms with van der Waals surface area (Å²) in [5.74, 6) is 2.44. The van der Waals surface area contributed by atoms with Crippen molar-refractivity contribution in [3.63, 3.8) is 0 Å². The summed E-state index contributed by atoms with van der Waals surface area (Å²) in [6, 6.07) is 5.91. The molecule has 0 spiro atoms. The lowest BCUT2D eigenvalue weighted by Crippen LogP contribution is -2.37. The van der Waals surface area contributed by atoms with E-state index in [0.29, 0.717) is 24.2 Å². The van der Waals surface area contributed by atoms with Gasteiger partial charge in [-0.1, -0.05) is 12.5 Å². The Kier molecular flexibility index (Phi) is 4.21. The maximum absolute atomic E-state index is 12.7. The Labute approximate surface area is 153 Å². The highest BCUT2D eigenvalue weighted by molar-refractivity contribution is 5.78. The van der Waals surface area contributed by atoms with E-state index in [1.165, 1.54) is 5.56 Å². The number of likely N-dealkylation sites (tertiary alicyclic amines) is 1. The molecule has 2 heterocycles. The fourth-order valence-corrected chi connectivity index (χ4v) is 4.37. The zero-order chi connectivity index (χ0) is 18.3. The maximum atomic E-state index is 12.7. The Morgan fingerprint density at radius 2 is 2.15 bits per heavy atom. The molecule has 1 amide bonds. The summed E-state index contributed by atoms with van der Waals surface area (Å²) in [4.78, 5) is 14.6. The first-order valence-electron chi connectivity index (χ1n) is 9.26. The van der Waals surface area contributed by atoms with Crippen molar-refractivity contribution in [3.8, 4) is 5.75 Å². The summed E-state index contributed by atoms with van der Waals surface area (Å²) < 4.78 is 11.5. The number of rotatable bonds is 4. The summed E-state index contributed by atoms with van der Waals surface area (Å²) in [6.45, 7) is 7.37. The van der Waals surface area contributed by atoms with Gasteiger partial charge in [0.05, 0.1) is 5.41 Å². The second-order valence-electron chi connectivity index (χ2n) is 7.68. The topological polar surface area (TPSA) is 68.5 Å². The van der Waals surface area contributed by atoms with Crippen LogP contribution in [0.25, 0.3) is 0 Å². The van der Waals surface area contributed by atoms with E-state index < -0.39 is 0 Å². The first-order chi connectivity index (χ1) is 12.5. The smallest absolute Gasteiger partial charge is 0.260 e. The van der Waals surface area contributed by atoms with Crippen molar-refractivity contribution < 1.29 is 13.9 Å². The van der Waals surface area contributed by atoms with Crippen molar-refractivity contribution in [1.82, 2.24) is 15.1 Å². The van der Waals surface area contributed by atoms with Crippen LogP contribution >= 0.6 is 0 Å². The van der Waals surface area contributed by atoms with Crippen molar-refractivity contribution >= 4 is 5.91 Å². The molecule has 1 aliphatic heterocycles. The van der Waals surface area contributed by atoms with Crippen molar-refractivity contribution in [2.75, 3.05) is 19.7 Å². The molecule has 26 heavy (non-hydrogen) atoms. The van der Waals surface area contributed by atoms with Crippen LogP contribution in [0, 0.1) is 26.7 Å². The number of benzene rings is 1. The minimum atomic E-state index is -0.169. The molecule has 1 saturated carbocycles. The Balaban J connectivity index is 1.44. The van der Waals surface area contributed by atoms with Crippen LogP contribution in [0.3, 0.4) is 0 Å². The molecular formula is C20H25N3O3. The molecule has 2 atom stereocenters. The minimum Gasteiger partial charge on any atom is -0.484 e. The van der Waals surface area contributed by atoms with Gasteiger partial charge in [0, 0.05) is 20.0 Å². The van der Waals surface area contributed by atoms with Crippen LogP contribution in [-0.2, 0) is 10.2 Å². The van der Waals surface area contributed by atoms with E-state index in [1.807, 2.05) is 36.9 Å². The molecule has 2 fully saturated rings. The number of aryl methyl sites for hydroxylation is 3. The highest BCUT2D eigenvalue weighted by Crippen LogP contribution is 2.49. The molecule has 4 rings (SSSR count). The average Bonchev–Trinajstić information content (AvgIpc) is 3.29. The van der Waals surface area contributed by atoms with Gasteiger partial charge < -0.3 is 14.1 Å². The van der Waals surface area contributed by atoms with Gasteiger partial charge in [0.15, 0.2) is 6.61 Å². The number of hydrogen-bond acceptors (Lipinski definition) is 5. The number of ether oxygens (including phenoxy) is 1. The molecule has 138 valence electrons. The number of nitrogens with zero attached hydrogens (tertiary/aromatic N) is 3. The number of fused-ring (bicyclic) bond motifs is 1. The highest BCUT2D eigenvalue weighted by Gasteiger charge is 2.55. The Morgan fingerprint density at radius 1 is 1.31 bits per heavy atom. The average molecular weight is 355 g/mol. The summed E-state index contributed by atoms with van der Waals surface area (Å²) >= 11 is 0. The Hall–Kier alpha value is -2.37. The van der Waals surface area contributed by atoms with Gasteiger partial charge in [-0.2, -0.15) is 0 Å². The van der Waals surface area contributed by atoms with Gasteiger partial charge in [-0.25, -0.2) is 0 Å². The van der Waals surface area contributed by atoms with Gasteiger partial charge in [-0.15, -0.1) is 10.2 Å². The van der Waals surface area contributed by atoms with Crippen molar-refractivity contribution in [3.05, 3.63) is 41.1 Å². The quantitative estimate of drug-likeness (QED) is 0.843. The molecule has 2 aromatic rings. The summed E-state index contributed by atoms with van der Waals surface area (Å²) in [5, 5.41) is 8.28. The monoisotopic (exact) mass is 355 g/mol. The lowest BCUT2D eigenvalue weighted by Gasteiger charge is -2.24. The summed E-state index contributed by atoms with van der Waals surface area (Å²) in [7, 11) is 0. The third-order valence-corrected chi connectivity index (χ3v) is 6.02. The van der Waals surface area contributed by atoms with Gasteiger partial charge in [-0.3, -0.25) is 4.79 Å². The van der Waals surface area contributed by atoms with Gasteiger partial charge in [0.1, 0.15) is 5.75 Å². The number of hydrogen-bond donors (Lipinski definition) is 0. The molecule has 0 unspecified atom stereocenters. The predicted octanol–water partition coefficient (Wildman–Crippen LogP) is 2.95. The van der Waals surface area contributed by atoms with E-state index in [2.05, 4.69) is 17.1 Å². The fraction of sp³-hybridized carbons (Fsp3) is 0.550. The van der Waals surface area contributed by atoms with E-state index >= 15 is 0 Å². The van der Waals surface area contributed by atoms with Gasteiger partial charge in [-0.05, 0) is 55.9 Å². The van der Waals surface area contributed by atoms with Crippen LogP contribution in [0.2, 0.25) is 0 Å². The highest BCUT2D eigenvalue weighted by atomic mass is 16.5. The third kappa shape index (κ3) is 2.87. The Bertz CT molecular complexity index is 831. The van der Waals surface area contributed by atoms with E-state index in [-0.39, 0.29) is 17.9 Å². The molecule has 1 saturated heterocycles. The Morgan fingerprint density at radius 3 is 2.88 bits per heavy atom. The lowest BCUT2D eigenvalue weighted by molar-refractivity contribution is -0.132. The zero-order valence-electron chi connectivity index (χ0n) is 15.6. The van der Waals surface area contributed by atoms with E-state index in [4.69, 9.17) is 9.15 Å². The predicted molar refractivity (Wildman–Crippen MR) is 96.0 cm³/mol. The van der Waals surface area contributed by atoms with Crippen molar-refractivity contribution in [2.45, 2.75) is 45.4 Å². The minimum absolute atomic E-state index is 0.0215. The standard InChI is InChI=1S/C20H25N3O3/c1-13-6-7-17(9-14(13)2)25-11-18(24)23-10-16-5-4-8-20(16,12-23)19-22-21-15(3)26-19/h6-7,9,16H,4-5,8,10-12H2,1-3H3/t16-,20-/m0/s1. The molecule has 6 nitrogen and oxygen atoms in total. The second kappa shape index (κ2) is 6.41. The second-order valence-corrected chi connectivity index (χ2v) is 7.68. The van der Waals surface area contributed by atoms with Gasteiger partial charge in [0.25, 0.3) is 5.91 Å². The van der Waals surface area contributed by atoms with Crippen LogP contribution in [0.5, 0.6) is 5.75 Å². The SMILES string of the molecule is Cc1nnc([C@]23CCC[C@H]2CN(C(=O)COc2ccc(C)c(C)c2)C3)o1. The van der Waals surface area contributed by atoms with E-state index in [1.54, 1.807) is 0 Å². The molecule has 1 aromatic heterocycles. The first kappa shape index (κ1) is 17.1. The molecular weight excluding hydrogens is 330 g/mol. The summed E-state index contributed by atoms with van der Waals surface area (Å²) in [6.07, 6.45) is 3.25. The number of amides is 1. The molecule has 0 N–H and O–H groups in total. The maximum Gasteiger partial charge on any atom is 0.260 e. The normalized spacial score (nSPS) is 24.7. The van der Waals surface area contributed by atoms with Crippen molar-refractivity contribution in [1.29, 1.82) is 0 Å². The molecule has 0 bridgehead atoms. The molecule has 1 aliphatic carbocycles.